The van der Waals surface area contributed by atoms with Crippen LogP contribution in [0.15, 0.2) is 18.2 Å². The Kier molecular flexibility index (Phi) is 4.74. The average molecular weight is 379 g/mol. The minimum atomic E-state index is -3.08. The third-order valence-electron chi connectivity index (χ3n) is 4.34. The molecule has 2 aliphatic rings. The van der Waals surface area contributed by atoms with Crippen molar-refractivity contribution >= 4 is 33.4 Å². The number of carbonyl (C=O) groups excluding carboxylic acids is 3. The Morgan fingerprint density at radius 1 is 1.23 bits per heavy atom. The Labute approximate surface area is 151 Å². The molecule has 1 aromatic rings. The molecule has 2 heterocycles. The number of amides is 4. The maximum absolute atomic E-state index is 12.4. The molecule has 1 aromatic carbocycles. The number of urea groups is 1. The van der Waals surface area contributed by atoms with Crippen molar-refractivity contribution in [3.8, 4) is 0 Å². The third-order valence-corrected chi connectivity index (χ3v) is 6.11. The van der Waals surface area contributed by atoms with Gasteiger partial charge in [0.2, 0.25) is 0 Å². The van der Waals surface area contributed by atoms with Crippen molar-refractivity contribution in [2.24, 2.45) is 5.92 Å². The van der Waals surface area contributed by atoms with Gasteiger partial charge in [-0.15, -0.1) is 0 Å². The van der Waals surface area contributed by atoms with Crippen molar-refractivity contribution in [3.63, 3.8) is 0 Å². The number of benzene rings is 1. The zero-order valence-electron chi connectivity index (χ0n) is 14.6. The highest BCUT2D eigenvalue weighted by Gasteiger charge is 2.36. The number of hydrogen-bond donors (Lipinski definition) is 2. The van der Waals surface area contributed by atoms with Crippen LogP contribution in [0.4, 0.5) is 10.5 Å². The van der Waals surface area contributed by atoms with Gasteiger partial charge in [0.15, 0.2) is 9.84 Å². The first kappa shape index (κ1) is 18.4. The number of imide groups is 1. The molecule has 9 heteroatoms. The van der Waals surface area contributed by atoms with Gasteiger partial charge in [0, 0.05) is 18.3 Å². The normalized spacial score (nSPS) is 21.2. The summed E-state index contributed by atoms with van der Waals surface area (Å²) in [5, 5.41) is 5.20. The highest BCUT2D eigenvalue weighted by molar-refractivity contribution is 7.91. The molecule has 0 spiro atoms. The van der Waals surface area contributed by atoms with Crippen molar-refractivity contribution in [2.45, 2.75) is 26.3 Å². The number of rotatable bonds is 4. The summed E-state index contributed by atoms with van der Waals surface area (Å²) in [7, 11) is -3.08. The molecular formula is C17H21N3O5S. The molecule has 0 bridgehead atoms. The molecule has 0 saturated carbocycles. The van der Waals surface area contributed by atoms with E-state index in [1.54, 1.807) is 6.07 Å². The molecule has 0 radical (unpaired) electrons. The van der Waals surface area contributed by atoms with Gasteiger partial charge in [-0.1, -0.05) is 13.8 Å². The number of carbonyl (C=O) groups is 3. The molecule has 4 amide bonds. The topological polar surface area (TPSA) is 113 Å². The van der Waals surface area contributed by atoms with Gasteiger partial charge in [-0.05, 0) is 30.5 Å². The summed E-state index contributed by atoms with van der Waals surface area (Å²) >= 11 is 0. The molecule has 1 unspecified atom stereocenters. The fraction of sp³-hybridized carbons (Fsp3) is 0.471. The van der Waals surface area contributed by atoms with Gasteiger partial charge < -0.3 is 10.6 Å². The van der Waals surface area contributed by atoms with Crippen LogP contribution >= 0.6 is 0 Å². The predicted octanol–water partition coefficient (Wildman–Crippen LogP) is 1.25. The number of sulfone groups is 1. The minimum Gasteiger partial charge on any atom is -0.334 e. The van der Waals surface area contributed by atoms with Crippen LogP contribution in [0.3, 0.4) is 0 Å². The van der Waals surface area contributed by atoms with E-state index in [1.807, 2.05) is 13.8 Å². The highest BCUT2D eigenvalue weighted by atomic mass is 32.2. The molecular weight excluding hydrogens is 358 g/mol. The summed E-state index contributed by atoms with van der Waals surface area (Å²) in [6.07, 6.45) is 0.386. The lowest BCUT2D eigenvalue weighted by Gasteiger charge is -2.15. The van der Waals surface area contributed by atoms with Crippen LogP contribution in [-0.2, 0) is 9.84 Å². The van der Waals surface area contributed by atoms with Crippen LogP contribution in [-0.4, -0.2) is 55.3 Å². The molecule has 3 rings (SSSR count). The second-order valence-corrected chi connectivity index (χ2v) is 9.30. The van der Waals surface area contributed by atoms with Crippen LogP contribution in [0.1, 0.15) is 41.0 Å². The van der Waals surface area contributed by atoms with E-state index in [-0.39, 0.29) is 34.8 Å². The molecule has 2 aliphatic heterocycles. The molecule has 26 heavy (non-hydrogen) atoms. The van der Waals surface area contributed by atoms with E-state index >= 15 is 0 Å². The lowest BCUT2D eigenvalue weighted by Crippen LogP contribution is -2.38. The van der Waals surface area contributed by atoms with Gasteiger partial charge in [0.1, 0.15) is 0 Å². The summed E-state index contributed by atoms with van der Waals surface area (Å²) in [6, 6.07) is 3.59. The Morgan fingerprint density at radius 2 is 1.92 bits per heavy atom. The summed E-state index contributed by atoms with van der Waals surface area (Å²) in [5.41, 5.74) is 0.954. The second-order valence-electron chi connectivity index (χ2n) is 7.07. The van der Waals surface area contributed by atoms with Crippen molar-refractivity contribution in [2.75, 3.05) is 23.4 Å². The second kappa shape index (κ2) is 6.71. The molecule has 0 aromatic heterocycles. The summed E-state index contributed by atoms with van der Waals surface area (Å²) in [6.45, 7) is 4.18. The van der Waals surface area contributed by atoms with Gasteiger partial charge in [-0.2, -0.15) is 0 Å². The Balaban J connectivity index is 1.69. The van der Waals surface area contributed by atoms with Crippen LogP contribution < -0.4 is 10.6 Å². The smallest absolute Gasteiger partial charge is 0.319 e. The molecule has 2 N–H and O–H groups in total. The fourth-order valence-corrected chi connectivity index (χ4v) is 4.83. The zero-order valence-corrected chi connectivity index (χ0v) is 15.4. The lowest BCUT2D eigenvalue weighted by atomic mass is 10.1. The summed E-state index contributed by atoms with van der Waals surface area (Å²) in [4.78, 5) is 38.0. The van der Waals surface area contributed by atoms with Crippen LogP contribution in [0, 0.1) is 5.92 Å². The maximum Gasteiger partial charge on any atom is 0.319 e. The van der Waals surface area contributed by atoms with Crippen LogP contribution in [0.25, 0.3) is 0 Å². The SMILES string of the molecule is CC(C)CN1C(=O)c2ccc(NC(=O)NC3CCS(=O)(=O)C3)cc2C1=O. The van der Waals surface area contributed by atoms with Crippen molar-refractivity contribution in [1.29, 1.82) is 0 Å². The molecule has 140 valence electrons. The Morgan fingerprint density at radius 3 is 2.54 bits per heavy atom. The van der Waals surface area contributed by atoms with E-state index < -0.39 is 21.9 Å². The summed E-state index contributed by atoms with van der Waals surface area (Å²) < 4.78 is 22.9. The molecule has 1 saturated heterocycles. The monoisotopic (exact) mass is 379 g/mol. The van der Waals surface area contributed by atoms with Gasteiger partial charge in [0.25, 0.3) is 11.8 Å². The third kappa shape index (κ3) is 3.72. The van der Waals surface area contributed by atoms with Crippen LogP contribution in [0.2, 0.25) is 0 Å². The molecule has 8 nitrogen and oxygen atoms in total. The average Bonchev–Trinajstić information content (AvgIpc) is 2.99. The lowest BCUT2D eigenvalue weighted by molar-refractivity contribution is 0.0636. The predicted molar refractivity (Wildman–Crippen MR) is 95.9 cm³/mol. The van der Waals surface area contributed by atoms with E-state index in [0.717, 1.165) is 0 Å². The van der Waals surface area contributed by atoms with Gasteiger partial charge in [0.05, 0.1) is 22.6 Å². The van der Waals surface area contributed by atoms with E-state index in [1.165, 1.54) is 17.0 Å². The highest BCUT2D eigenvalue weighted by Crippen LogP contribution is 2.26. The van der Waals surface area contributed by atoms with Gasteiger partial charge >= 0.3 is 6.03 Å². The molecule has 1 atom stereocenters. The van der Waals surface area contributed by atoms with Crippen molar-refractivity contribution in [3.05, 3.63) is 29.3 Å². The van der Waals surface area contributed by atoms with E-state index in [2.05, 4.69) is 10.6 Å². The Bertz CT molecular complexity index is 878. The zero-order chi connectivity index (χ0) is 19.1. The first-order chi connectivity index (χ1) is 12.2. The number of nitrogens with zero attached hydrogens (tertiary/aromatic N) is 1. The van der Waals surface area contributed by atoms with E-state index in [9.17, 15) is 22.8 Å². The van der Waals surface area contributed by atoms with Crippen molar-refractivity contribution < 1.29 is 22.8 Å². The number of anilines is 1. The first-order valence-electron chi connectivity index (χ1n) is 8.44. The number of nitrogens with one attached hydrogen (secondary N) is 2. The standard InChI is InChI=1S/C17H21N3O5S/c1-10(2)8-20-15(21)13-4-3-11(7-14(13)16(20)22)18-17(23)19-12-5-6-26(24,25)9-12/h3-4,7,10,12H,5-6,8-9H2,1-2H3,(H2,18,19,23). The molecule has 0 aliphatic carbocycles. The maximum atomic E-state index is 12.4. The van der Waals surface area contributed by atoms with Crippen molar-refractivity contribution in [1.82, 2.24) is 10.2 Å². The number of hydrogen-bond acceptors (Lipinski definition) is 5. The quantitative estimate of drug-likeness (QED) is 0.765. The number of fused-ring (bicyclic) bond motifs is 1. The minimum absolute atomic E-state index is 0.0677. The fourth-order valence-electron chi connectivity index (χ4n) is 3.16. The Hall–Kier alpha value is -2.42. The van der Waals surface area contributed by atoms with E-state index in [0.29, 0.717) is 24.2 Å². The van der Waals surface area contributed by atoms with E-state index in [4.69, 9.17) is 0 Å². The van der Waals surface area contributed by atoms with Gasteiger partial charge in [-0.3, -0.25) is 14.5 Å². The summed E-state index contributed by atoms with van der Waals surface area (Å²) in [5.74, 6) is -0.542. The van der Waals surface area contributed by atoms with Crippen LogP contribution in [0.5, 0.6) is 0 Å². The van der Waals surface area contributed by atoms with Gasteiger partial charge in [-0.25, -0.2) is 13.2 Å². The first-order valence-corrected chi connectivity index (χ1v) is 10.3. The molecule has 1 fully saturated rings. The largest absolute Gasteiger partial charge is 0.334 e.